The molecule has 132 valence electrons. The second-order valence-electron chi connectivity index (χ2n) is 4.96. The van der Waals surface area contributed by atoms with Gasteiger partial charge in [0, 0.05) is 19.2 Å². The van der Waals surface area contributed by atoms with Crippen molar-refractivity contribution in [2.24, 2.45) is 0 Å². The minimum Gasteiger partial charge on any atom is -0.462 e. The van der Waals surface area contributed by atoms with Crippen LogP contribution in [0.4, 0.5) is 11.4 Å². The van der Waals surface area contributed by atoms with Gasteiger partial charge in [0.25, 0.3) is 15.7 Å². The Bertz CT molecular complexity index is 893. The van der Waals surface area contributed by atoms with Crippen LogP contribution in [-0.4, -0.2) is 33.0 Å². The number of non-ortho nitro benzene ring substituents is 1. The third-order valence-electron chi connectivity index (χ3n) is 3.44. The van der Waals surface area contributed by atoms with E-state index in [1.165, 1.54) is 19.2 Å². The number of para-hydroxylation sites is 1. The summed E-state index contributed by atoms with van der Waals surface area (Å²) in [6, 6.07) is 10.7. The van der Waals surface area contributed by atoms with Crippen LogP contribution in [0.25, 0.3) is 0 Å². The summed E-state index contributed by atoms with van der Waals surface area (Å²) in [7, 11) is -2.70. The fourth-order valence-corrected chi connectivity index (χ4v) is 3.37. The predicted molar refractivity (Wildman–Crippen MR) is 91.1 cm³/mol. The molecule has 0 aromatic heterocycles. The number of anilines is 1. The van der Waals surface area contributed by atoms with Gasteiger partial charge in [-0.25, -0.2) is 13.2 Å². The molecular weight excluding hydrogens is 348 g/mol. The summed E-state index contributed by atoms with van der Waals surface area (Å²) in [5.74, 6) is -0.635. The Labute approximate surface area is 144 Å². The third kappa shape index (κ3) is 3.77. The van der Waals surface area contributed by atoms with Gasteiger partial charge in [0.15, 0.2) is 0 Å². The van der Waals surface area contributed by atoms with Gasteiger partial charge in [-0.1, -0.05) is 12.1 Å². The van der Waals surface area contributed by atoms with Crippen molar-refractivity contribution in [2.45, 2.75) is 11.8 Å². The number of hydrogen-bond donors (Lipinski definition) is 0. The summed E-state index contributed by atoms with van der Waals surface area (Å²) < 4.78 is 31.4. The smallest absolute Gasteiger partial charge is 0.340 e. The van der Waals surface area contributed by atoms with Gasteiger partial charge >= 0.3 is 5.97 Å². The van der Waals surface area contributed by atoms with Crippen molar-refractivity contribution in [1.82, 2.24) is 0 Å². The number of nitro groups is 1. The van der Waals surface area contributed by atoms with Gasteiger partial charge in [-0.3, -0.25) is 14.4 Å². The van der Waals surface area contributed by atoms with Gasteiger partial charge in [-0.15, -0.1) is 0 Å². The highest BCUT2D eigenvalue weighted by atomic mass is 32.2. The van der Waals surface area contributed by atoms with Crippen LogP contribution in [0.3, 0.4) is 0 Å². The largest absolute Gasteiger partial charge is 0.462 e. The number of esters is 1. The zero-order valence-electron chi connectivity index (χ0n) is 13.6. The van der Waals surface area contributed by atoms with E-state index < -0.39 is 20.9 Å². The molecule has 9 heteroatoms. The Balaban J connectivity index is 2.44. The minimum atomic E-state index is -4.00. The molecule has 0 atom stereocenters. The maximum atomic E-state index is 12.8. The molecule has 25 heavy (non-hydrogen) atoms. The van der Waals surface area contributed by atoms with Crippen molar-refractivity contribution in [1.29, 1.82) is 0 Å². The van der Waals surface area contributed by atoms with Crippen LogP contribution < -0.4 is 4.31 Å². The maximum Gasteiger partial charge on any atom is 0.340 e. The molecule has 8 nitrogen and oxygen atoms in total. The molecule has 0 saturated carbocycles. The molecule has 0 aliphatic carbocycles. The zero-order valence-corrected chi connectivity index (χ0v) is 14.4. The Morgan fingerprint density at radius 3 is 2.32 bits per heavy atom. The highest BCUT2D eigenvalue weighted by Crippen LogP contribution is 2.27. The lowest BCUT2D eigenvalue weighted by molar-refractivity contribution is -0.384. The first-order valence-electron chi connectivity index (χ1n) is 7.28. The second kappa shape index (κ2) is 7.31. The predicted octanol–water partition coefficient (Wildman–Crippen LogP) is 2.60. The summed E-state index contributed by atoms with van der Waals surface area (Å²) >= 11 is 0. The van der Waals surface area contributed by atoms with E-state index in [0.717, 1.165) is 28.6 Å². The normalized spacial score (nSPS) is 11.0. The maximum absolute atomic E-state index is 12.8. The lowest BCUT2D eigenvalue weighted by Crippen LogP contribution is -2.28. The summed E-state index contributed by atoms with van der Waals surface area (Å²) in [5, 5.41) is 10.7. The summed E-state index contributed by atoms with van der Waals surface area (Å²) in [5.41, 5.74) is 0.0465. The van der Waals surface area contributed by atoms with Crippen LogP contribution in [0.5, 0.6) is 0 Å². The van der Waals surface area contributed by atoms with Crippen molar-refractivity contribution in [3.8, 4) is 0 Å². The van der Waals surface area contributed by atoms with Gasteiger partial charge < -0.3 is 4.74 Å². The Morgan fingerprint density at radius 1 is 1.16 bits per heavy atom. The summed E-state index contributed by atoms with van der Waals surface area (Å²) in [4.78, 5) is 22.0. The molecule has 2 aromatic carbocycles. The Kier molecular flexibility index (Phi) is 5.38. The minimum absolute atomic E-state index is 0.109. The number of rotatable bonds is 6. The first-order chi connectivity index (χ1) is 11.8. The van der Waals surface area contributed by atoms with Gasteiger partial charge in [0.2, 0.25) is 0 Å². The van der Waals surface area contributed by atoms with E-state index in [2.05, 4.69) is 0 Å². The number of carbonyl (C=O) groups excluding carboxylic acids is 1. The van der Waals surface area contributed by atoms with E-state index in [-0.39, 0.29) is 28.4 Å². The fourth-order valence-electron chi connectivity index (χ4n) is 2.16. The average Bonchev–Trinajstić information content (AvgIpc) is 2.61. The van der Waals surface area contributed by atoms with Crippen molar-refractivity contribution < 1.29 is 22.9 Å². The molecule has 0 fully saturated rings. The topological polar surface area (TPSA) is 107 Å². The molecule has 0 heterocycles. The molecule has 0 aliphatic rings. The van der Waals surface area contributed by atoms with Crippen LogP contribution >= 0.6 is 0 Å². The Hall–Kier alpha value is -2.94. The van der Waals surface area contributed by atoms with Crippen LogP contribution in [-0.2, 0) is 14.8 Å². The number of carbonyl (C=O) groups is 1. The number of sulfonamides is 1. The molecular formula is C16H16N2O6S. The summed E-state index contributed by atoms with van der Waals surface area (Å²) in [6.07, 6.45) is 0. The number of nitro benzene ring substituents is 1. The molecule has 2 aromatic rings. The Morgan fingerprint density at radius 2 is 1.76 bits per heavy atom. The van der Waals surface area contributed by atoms with Crippen LogP contribution in [0.2, 0.25) is 0 Å². The van der Waals surface area contributed by atoms with E-state index >= 15 is 0 Å². The number of ether oxygens (including phenoxy) is 1. The van der Waals surface area contributed by atoms with Gasteiger partial charge in [0.1, 0.15) is 0 Å². The molecule has 0 aliphatic heterocycles. The summed E-state index contributed by atoms with van der Waals surface area (Å²) in [6.45, 7) is 1.81. The number of nitrogens with zero attached hydrogens (tertiary/aromatic N) is 2. The quantitative estimate of drug-likeness (QED) is 0.443. The molecule has 0 amide bonds. The molecule has 0 unspecified atom stereocenters. The first-order valence-corrected chi connectivity index (χ1v) is 8.72. The standard InChI is InChI=1S/C16H16N2O6S/c1-3-24-16(19)14-6-4-5-7-15(14)17(2)25(22,23)13-10-8-12(9-11-13)18(20)21/h4-11H,3H2,1-2H3. The SMILES string of the molecule is CCOC(=O)c1ccccc1N(C)S(=O)(=O)c1ccc([N+](=O)[O-])cc1. The molecule has 0 radical (unpaired) electrons. The van der Waals surface area contributed by atoms with Gasteiger partial charge in [-0.2, -0.15) is 0 Å². The molecule has 0 bridgehead atoms. The fraction of sp³-hybridized carbons (Fsp3) is 0.188. The van der Waals surface area contributed by atoms with Crippen LogP contribution in [0.15, 0.2) is 53.4 Å². The molecule has 0 spiro atoms. The highest BCUT2D eigenvalue weighted by molar-refractivity contribution is 7.92. The molecule has 0 saturated heterocycles. The van der Waals surface area contributed by atoms with Crippen LogP contribution in [0, 0.1) is 10.1 Å². The molecule has 2 rings (SSSR count). The van der Waals surface area contributed by atoms with Gasteiger partial charge in [-0.05, 0) is 31.2 Å². The van der Waals surface area contributed by atoms with E-state index in [4.69, 9.17) is 4.74 Å². The average molecular weight is 364 g/mol. The number of benzene rings is 2. The van der Waals surface area contributed by atoms with Crippen molar-refractivity contribution >= 4 is 27.4 Å². The van der Waals surface area contributed by atoms with Crippen molar-refractivity contribution in [3.05, 3.63) is 64.2 Å². The highest BCUT2D eigenvalue weighted by Gasteiger charge is 2.26. The molecule has 0 N–H and O–H groups in total. The monoisotopic (exact) mass is 364 g/mol. The zero-order chi connectivity index (χ0) is 18.6. The van der Waals surface area contributed by atoms with Crippen molar-refractivity contribution in [3.63, 3.8) is 0 Å². The van der Waals surface area contributed by atoms with Crippen molar-refractivity contribution in [2.75, 3.05) is 18.0 Å². The lowest BCUT2D eigenvalue weighted by Gasteiger charge is -2.21. The first kappa shape index (κ1) is 18.4. The number of hydrogen-bond acceptors (Lipinski definition) is 6. The van der Waals surface area contributed by atoms with E-state index in [1.807, 2.05) is 0 Å². The second-order valence-corrected chi connectivity index (χ2v) is 6.93. The van der Waals surface area contributed by atoms with E-state index in [9.17, 15) is 23.3 Å². The lowest BCUT2D eigenvalue weighted by atomic mass is 10.2. The van der Waals surface area contributed by atoms with Gasteiger partial charge in [0.05, 0.1) is 27.7 Å². The third-order valence-corrected chi connectivity index (χ3v) is 5.23. The van der Waals surface area contributed by atoms with E-state index in [0.29, 0.717) is 0 Å². The van der Waals surface area contributed by atoms with E-state index in [1.54, 1.807) is 19.1 Å². The van der Waals surface area contributed by atoms with Crippen LogP contribution in [0.1, 0.15) is 17.3 Å².